The van der Waals surface area contributed by atoms with Crippen molar-refractivity contribution >= 4 is 23.2 Å². The molecule has 33 heavy (non-hydrogen) atoms. The van der Waals surface area contributed by atoms with Crippen LogP contribution in [0.5, 0.6) is 0 Å². The molecule has 6 nitrogen and oxygen atoms in total. The van der Waals surface area contributed by atoms with Crippen LogP contribution in [0.3, 0.4) is 0 Å². The summed E-state index contributed by atoms with van der Waals surface area (Å²) < 4.78 is 1.53. The van der Waals surface area contributed by atoms with Gasteiger partial charge in [-0.15, -0.1) is 11.3 Å². The van der Waals surface area contributed by atoms with Crippen LogP contribution in [0.1, 0.15) is 51.7 Å². The minimum absolute atomic E-state index is 0.0535. The first kappa shape index (κ1) is 23.0. The molecule has 7 heteroatoms. The van der Waals surface area contributed by atoms with Crippen molar-refractivity contribution in [2.75, 3.05) is 6.54 Å². The quantitative estimate of drug-likeness (QED) is 0.580. The fourth-order valence-electron chi connectivity index (χ4n) is 4.28. The highest BCUT2D eigenvalue weighted by Gasteiger charge is 2.29. The number of amides is 2. The first-order chi connectivity index (χ1) is 16.0. The number of carbonyl (C=O) groups excluding carboxylic acids is 2. The molecule has 172 valence electrons. The lowest BCUT2D eigenvalue weighted by Crippen LogP contribution is -2.50. The van der Waals surface area contributed by atoms with E-state index in [9.17, 15) is 14.4 Å². The van der Waals surface area contributed by atoms with Gasteiger partial charge in [0, 0.05) is 24.2 Å². The van der Waals surface area contributed by atoms with Gasteiger partial charge in [0.15, 0.2) is 0 Å². The van der Waals surface area contributed by atoms with Crippen LogP contribution < -0.4 is 10.9 Å². The van der Waals surface area contributed by atoms with Crippen molar-refractivity contribution in [1.82, 2.24) is 14.8 Å². The number of thiophene rings is 1. The SMILES string of the molecule is CCCC(NC(=O)c1cccn(Cc2cccc(C)c2)c1=O)C(=O)N1CCc2sccc2C1. The van der Waals surface area contributed by atoms with Crippen LogP contribution in [0.4, 0.5) is 0 Å². The summed E-state index contributed by atoms with van der Waals surface area (Å²) in [6, 6.07) is 12.6. The average molecular weight is 464 g/mol. The van der Waals surface area contributed by atoms with Gasteiger partial charge in [-0.2, -0.15) is 0 Å². The van der Waals surface area contributed by atoms with Gasteiger partial charge in [0.05, 0.1) is 6.54 Å². The predicted molar refractivity (Wildman–Crippen MR) is 131 cm³/mol. The van der Waals surface area contributed by atoms with Gasteiger partial charge in [0.2, 0.25) is 5.91 Å². The molecule has 4 rings (SSSR count). The zero-order valence-electron chi connectivity index (χ0n) is 19.0. The molecule has 3 heterocycles. The number of aryl methyl sites for hydroxylation is 1. The number of aromatic nitrogens is 1. The van der Waals surface area contributed by atoms with Crippen molar-refractivity contribution in [2.24, 2.45) is 0 Å². The third-order valence-electron chi connectivity index (χ3n) is 6.00. The number of rotatable bonds is 7. The molecule has 1 N–H and O–H groups in total. The van der Waals surface area contributed by atoms with E-state index in [0.717, 1.165) is 24.0 Å². The lowest BCUT2D eigenvalue weighted by Gasteiger charge is -2.30. The number of pyridine rings is 1. The van der Waals surface area contributed by atoms with Gasteiger partial charge in [-0.3, -0.25) is 14.4 Å². The Morgan fingerprint density at radius 1 is 1.18 bits per heavy atom. The molecule has 1 aliphatic rings. The van der Waals surface area contributed by atoms with E-state index >= 15 is 0 Å². The third kappa shape index (κ3) is 5.25. The summed E-state index contributed by atoms with van der Waals surface area (Å²) in [4.78, 5) is 42.5. The molecule has 1 aromatic carbocycles. The normalized spacial score (nSPS) is 13.9. The molecule has 1 atom stereocenters. The van der Waals surface area contributed by atoms with Crippen LogP contribution in [-0.4, -0.2) is 33.9 Å². The number of nitrogens with one attached hydrogen (secondary N) is 1. The molecular formula is C26H29N3O3S. The largest absolute Gasteiger partial charge is 0.340 e. The maximum absolute atomic E-state index is 13.2. The second-order valence-electron chi connectivity index (χ2n) is 8.54. The summed E-state index contributed by atoms with van der Waals surface area (Å²) in [5.74, 6) is -0.586. The summed E-state index contributed by atoms with van der Waals surface area (Å²) in [6.07, 6.45) is 3.80. The van der Waals surface area contributed by atoms with Crippen molar-refractivity contribution in [3.63, 3.8) is 0 Å². The topological polar surface area (TPSA) is 71.4 Å². The van der Waals surface area contributed by atoms with E-state index < -0.39 is 11.9 Å². The van der Waals surface area contributed by atoms with Gasteiger partial charge >= 0.3 is 0 Å². The van der Waals surface area contributed by atoms with Gasteiger partial charge in [-0.25, -0.2) is 0 Å². The number of fused-ring (bicyclic) bond motifs is 1. The average Bonchev–Trinajstić information content (AvgIpc) is 3.27. The predicted octanol–water partition coefficient (Wildman–Crippen LogP) is 3.75. The number of benzene rings is 1. The number of hydrogen-bond acceptors (Lipinski definition) is 4. The summed E-state index contributed by atoms with van der Waals surface area (Å²) in [7, 11) is 0. The summed E-state index contributed by atoms with van der Waals surface area (Å²) in [5, 5.41) is 4.91. The van der Waals surface area contributed by atoms with Gasteiger partial charge in [-0.1, -0.05) is 43.2 Å². The Morgan fingerprint density at radius 2 is 2.03 bits per heavy atom. The third-order valence-corrected chi connectivity index (χ3v) is 7.02. The lowest BCUT2D eigenvalue weighted by atomic mass is 10.1. The lowest BCUT2D eigenvalue weighted by molar-refractivity contribution is -0.134. The summed E-state index contributed by atoms with van der Waals surface area (Å²) in [6.45, 7) is 5.59. The molecule has 0 bridgehead atoms. The Balaban J connectivity index is 1.49. The molecular weight excluding hydrogens is 434 g/mol. The minimum atomic E-state index is -0.646. The van der Waals surface area contributed by atoms with Crippen molar-refractivity contribution in [2.45, 2.75) is 52.2 Å². The van der Waals surface area contributed by atoms with Crippen molar-refractivity contribution in [3.8, 4) is 0 Å². The molecule has 0 aliphatic carbocycles. The molecule has 2 amide bonds. The Hall–Kier alpha value is -3.19. The Labute approximate surface area is 197 Å². The molecule has 0 spiro atoms. The molecule has 2 aromatic heterocycles. The Morgan fingerprint density at radius 3 is 2.82 bits per heavy atom. The fraction of sp³-hybridized carbons (Fsp3) is 0.346. The van der Waals surface area contributed by atoms with Crippen LogP contribution in [0.2, 0.25) is 0 Å². The fourth-order valence-corrected chi connectivity index (χ4v) is 5.17. The van der Waals surface area contributed by atoms with Gasteiger partial charge < -0.3 is 14.8 Å². The Kier molecular flexibility index (Phi) is 7.08. The molecule has 0 radical (unpaired) electrons. The van der Waals surface area contributed by atoms with E-state index in [1.54, 1.807) is 23.6 Å². The standard InChI is InChI=1S/C26H29N3O3S/c1-3-6-22(26(32)29-13-10-23-20(17-29)11-14-33-23)27-24(30)21-9-5-12-28(25(21)31)16-19-8-4-7-18(2)15-19/h4-5,7-9,11-12,14-15,22H,3,6,10,13,16-17H2,1-2H3,(H,27,30). The molecule has 0 saturated heterocycles. The van der Waals surface area contributed by atoms with Gasteiger partial charge in [0.1, 0.15) is 11.6 Å². The van der Waals surface area contributed by atoms with Crippen molar-refractivity contribution < 1.29 is 9.59 Å². The first-order valence-corrected chi connectivity index (χ1v) is 12.2. The van der Waals surface area contributed by atoms with E-state index in [2.05, 4.69) is 16.8 Å². The van der Waals surface area contributed by atoms with E-state index in [4.69, 9.17) is 0 Å². The number of hydrogen-bond donors (Lipinski definition) is 1. The van der Waals surface area contributed by atoms with Gasteiger partial charge in [-0.05, 0) is 54.5 Å². The van der Waals surface area contributed by atoms with E-state index in [0.29, 0.717) is 26.1 Å². The molecule has 1 unspecified atom stereocenters. The second kappa shape index (κ2) is 10.2. The molecule has 0 saturated carbocycles. The van der Waals surface area contributed by atoms with Crippen LogP contribution in [0.15, 0.2) is 58.8 Å². The van der Waals surface area contributed by atoms with Crippen molar-refractivity contribution in [3.05, 3.63) is 91.5 Å². The summed E-state index contributed by atoms with van der Waals surface area (Å²) >= 11 is 1.73. The number of carbonyl (C=O) groups is 2. The molecule has 0 fully saturated rings. The maximum atomic E-state index is 13.2. The maximum Gasteiger partial charge on any atom is 0.263 e. The minimum Gasteiger partial charge on any atom is -0.340 e. The highest BCUT2D eigenvalue weighted by Crippen LogP contribution is 2.24. The molecule has 1 aliphatic heterocycles. The smallest absolute Gasteiger partial charge is 0.263 e. The second-order valence-corrected chi connectivity index (χ2v) is 9.54. The van der Waals surface area contributed by atoms with Crippen LogP contribution in [0.25, 0.3) is 0 Å². The molecule has 3 aromatic rings. The highest BCUT2D eigenvalue weighted by molar-refractivity contribution is 7.10. The van der Waals surface area contributed by atoms with E-state index in [1.165, 1.54) is 21.1 Å². The van der Waals surface area contributed by atoms with Crippen LogP contribution in [-0.2, 0) is 24.3 Å². The van der Waals surface area contributed by atoms with Gasteiger partial charge in [0.25, 0.3) is 11.5 Å². The zero-order chi connectivity index (χ0) is 23.4. The van der Waals surface area contributed by atoms with Crippen LogP contribution >= 0.6 is 11.3 Å². The number of nitrogens with zero attached hydrogens (tertiary/aromatic N) is 2. The Bertz CT molecular complexity index is 1210. The van der Waals surface area contributed by atoms with E-state index in [-0.39, 0.29) is 17.0 Å². The first-order valence-electron chi connectivity index (χ1n) is 11.4. The monoisotopic (exact) mass is 463 g/mol. The zero-order valence-corrected chi connectivity index (χ0v) is 19.9. The highest BCUT2D eigenvalue weighted by atomic mass is 32.1. The van der Waals surface area contributed by atoms with E-state index in [1.807, 2.05) is 43.0 Å². The van der Waals surface area contributed by atoms with Crippen LogP contribution in [0, 0.1) is 6.92 Å². The van der Waals surface area contributed by atoms with Crippen molar-refractivity contribution in [1.29, 1.82) is 0 Å². The summed E-state index contributed by atoms with van der Waals surface area (Å²) in [5.41, 5.74) is 2.98.